The van der Waals surface area contributed by atoms with Crippen molar-refractivity contribution in [2.75, 3.05) is 19.5 Å². The molecule has 134 valence electrons. The molecule has 0 bridgehead atoms. The molecule has 1 heterocycles. The van der Waals surface area contributed by atoms with Crippen LogP contribution in [0.3, 0.4) is 0 Å². The van der Waals surface area contributed by atoms with Crippen LogP contribution in [0, 0.1) is 20.8 Å². The summed E-state index contributed by atoms with van der Waals surface area (Å²) < 4.78 is 10.1. The molecule has 1 atom stereocenters. The summed E-state index contributed by atoms with van der Waals surface area (Å²) in [6.07, 6.45) is 0. The van der Waals surface area contributed by atoms with Gasteiger partial charge in [-0.2, -0.15) is 0 Å². The van der Waals surface area contributed by atoms with Gasteiger partial charge < -0.3 is 19.8 Å². The molecule has 0 aliphatic carbocycles. The van der Waals surface area contributed by atoms with Crippen LogP contribution in [0.25, 0.3) is 0 Å². The van der Waals surface area contributed by atoms with Crippen molar-refractivity contribution in [3.05, 3.63) is 46.3 Å². The lowest BCUT2D eigenvalue weighted by Crippen LogP contribution is -2.27. The summed E-state index contributed by atoms with van der Waals surface area (Å²) in [4.78, 5) is 27.7. The Morgan fingerprint density at radius 2 is 1.84 bits per heavy atom. The molecule has 2 rings (SSSR count). The zero-order valence-electron chi connectivity index (χ0n) is 15.4. The number of nitrogens with one attached hydrogen (secondary N) is 2. The number of aryl methyl sites for hydroxylation is 2. The number of esters is 1. The summed E-state index contributed by atoms with van der Waals surface area (Å²) in [5.41, 5.74) is 3.84. The first kappa shape index (κ1) is 18.6. The van der Waals surface area contributed by atoms with Gasteiger partial charge in [0.15, 0.2) is 0 Å². The monoisotopic (exact) mass is 344 g/mol. The van der Waals surface area contributed by atoms with E-state index in [1.807, 2.05) is 25.1 Å². The van der Waals surface area contributed by atoms with E-state index in [-0.39, 0.29) is 5.78 Å². The van der Waals surface area contributed by atoms with E-state index in [9.17, 15) is 9.59 Å². The average molecular weight is 344 g/mol. The lowest BCUT2D eigenvalue weighted by molar-refractivity contribution is 0.0599. The van der Waals surface area contributed by atoms with E-state index in [1.165, 1.54) is 7.11 Å². The van der Waals surface area contributed by atoms with Crippen molar-refractivity contribution in [2.24, 2.45) is 0 Å². The fourth-order valence-corrected chi connectivity index (χ4v) is 2.85. The smallest absolute Gasteiger partial charge is 0.339 e. The van der Waals surface area contributed by atoms with Gasteiger partial charge in [0, 0.05) is 5.69 Å². The minimum Gasteiger partial charge on any atom is -0.495 e. The van der Waals surface area contributed by atoms with Crippen molar-refractivity contribution in [1.82, 2.24) is 4.98 Å². The molecular formula is C19H24N2O4. The van der Waals surface area contributed by atoms with Crippen LogP contribution >= 0.6 is 0 Å². The van der Waals surface area contributed by atoms with Crippen LogP contribution in [0.2, 0.25) is 0 Å². The van der Waals surface area contributed by atoms with Gasteiger partial charge in [-0.05, 0) is 51.0 Å². The van der Waals surface area contributed by atoms with Crippen LogP contribution in [0.4, 0.5) is 5.69 Å². The predicted molar refractivity (Wildman–Crippen MR) is 96.8 cm³/mol. The van der Waals surface area contributed by atoms with Gasteiger partial charge in [0.2, 0.25) is 5.78 Å². The normalized spacial score (nSPS) is 11.8. The number of aromatic amines is 1. The van der Waals surface area contributed by atoms with E-state index in [1.54, 1.807) is 27.9 Å². The van der Waals surface area contributed by atoms with Crippen LogP contribution in [-0.2, 0) is 4.74 Å². The quantitative estimate of drug-likeness (QED) is 0.620. The molecule has 0 spiro atoms. The Bertz CT molecular complexity index is 808. The second-order valence-corrected chi connectivity index (χ2v) is 6.05. The second kappa shape index (κ2) is 7.42. The van der Waals surface area contributed by atoms with Gasteiger partial charge in [0.25, 0.3) is 0 Å². The van der Waals surface area contributed by atoms with Crippen molar-refractivity contribution >= 4 is 17.4 Å². The van der Waals surface area contributed by atoms with Crippen molar-refractivity contribution in [3.63, 3.8) is 0 Å². The second-order valence-electron chi connectivity index (χ2n) is 6.05. The van der Waals surface area contributed by atoms with Gasteiger partial charge in [-0.25, -0.2) is 4.79 Å². The van der Waals surface area contributed by atoms with Gasteiger partial charge >= 0.3 is 5.97 Å². The summed E-state index contributed by atoms with van der Waals surface area (Å²) >= 11 is 0. The van der Waals surface area contributed by atoms with Crippen LogP contribution < -0.4 is 10.1 Å². The summed E-state index contributed by atoms with van der Waals surface area (Å²) in [7, 11) is 2.91. The fraction of sp³-hybridized carbons (Fsp3) is 0.368. The van der Waals surface area contributed by atoms with Crippen molar-refractivity contribution in [1.29, 1.82) is 0 Å². The maximum atomic E-state index is 12.8. The SMILES string of the molecule is COC(=O)c1c(C)[nH]c(C(=O)C(C)Nc2cc(C)ccc2OC)c1C. The van der Waals surface area contributed by atoms with E-state index >= 15 is 0 Å². The molecule has 0 aliphatic heterocycles. The Hall–Kier alpha value is -2.76. The summed E-state index contributed by atoms with van der Waals surface area (Å²) in [6.45, 7) is 7.23. The molecule has 0 saturated heterocycles. The number of carbonyl (C=O) groups is 2. The van der Waals surface area contributed by atoms with E-state index < -0.39 is 12.0 Å². The minimum atomic E-state index is -0.502. The molecule has 1 aromatic heterocycles. The molecule has 6 nitrogen and oxygen atoms in total. The molecule has 6 heteroatoms. The number of rotatable bonds is 6. The number of aromatic nitrogens is 1. The zero-order valence-corrected chi connectivity index (χ0v) is 15.4. The number of ketones is 1. The van der Waals surface area contributed by atoms with Gasteiger partial charge in [0.05, 0.1) is 37.2 Å². The lowest BCUT2D eigenvalue weighted by atomic mass is 10.0. The Kier molecular flexibility index (Phi) is 5.51. The van der Waals surface area contributed by atoms with Crippen LogP contribution in [-0.4, -0.2) is 37.0 Å². The largest absolute Gasteiger partial charge is 0.495 e. The molecule has 2 aromatic rings. The highest BCUT2D eigenvalue weighted by atomic mass is 16.5. The van der Waals surface area contributed by atoms with E-state index in [2.05, 4.69) is 10.3 Å². The molecule has 1 aromatic carbocycles. The topological polar surface area (TPSA) is 80.4 Å². The Balaban J connectivity index is 2.30. The van der Waals surface area contributed by atoms with Crippen LogP contribution in [0.1, 0.15) is 44.6 Å². The Morgan fingerprint density at radius 1 is 1.16 bits per heavy atom. The highest BCUT2D eigenvalue weighted by Gasteiger charge is 2.25. The van der Waals surface area contributed by atoms with Gasteiger partial charge in [-0.15, -0.1) is 0 Å². The molecule has 0 aliphatic rings. The molecular weight excluding hydrogens is 320 g/mol. The number of ether oxygens (including phenoxy) is 2. The third kappa shape index (κ3) is 3.68. The predicted octanol–water partition coefficient (Wildman–Crippen LogP) is 3.42. The van der Waals surface area contributed by atoms with Crippen molar-refractivity contribution < 1.29 is 19.1 Å². The number of carbonyl (C=O) groups excluding carboxylic acids is 2. The first-order valence-corrected chi connectivity index (χ1v) is 8.03. The molecule has 0 saturated carbocycles. The average Bonchev–Trinajstić information content (AvgIpc) is 2.88. The Labute approximate surface area is 147 Å². The molecule has 0 radical (unpaired) electrons. The molecule has 25 heavy (non-hydrogen) atoms. The van der Waals surface area contributed by atoms with Crippen molar-refractivity contribution in [3.8, 4) is 5.75 Å². The number of methoxy groups -OCH3 is 2. The third-order valence-electron chi connectivity index (χ3n) is 4.19. The number of H-pyrrole nitrogens is 1. The van der Waals surface area contributed by atoms with Crippen LogP contribution in [0.5, 0.6) is 5.75 Å². The third-order valence-corrected chi connectivity index (χ3v) is 4.19. The minimum absolute atomic E-state index is 0.140. The number of benzene rings is 1. The van der Waals surface area contributed by atoms with Gasteiger partial charge in [-0.1, -0.05) is 6.07 Å². The van der Waals surface area contributed by atoms with Crippen LogP contribution in [0.15, 0.2) is 18.2 Å². The van der Waals surface area contributed by atoms with Gasteiger partial charge in [-0.3, -0.25) is 4.79 Å². The summed E-state index contributed by atoms with van der Waals surface area (Å²) in [5, 5.41) is 3.19. The molecule has 1 unspecified atom stereocenters. The maximum Gasteiger partial charge on any atom is 0.339 e. The first-order valence-electron chi connectivity index (χ1n) is 8.03. The molecule has 0 amide bonds. The number of hydrogen-bond acceptors (Lipinski definition) is 5. The maximum absolute atomic E-state index is 12.8. The van der Waals surface area contributed by atoms with E-state index in [0.29, 0.717) is 28.3 Å². The summed E-state index contributed by atoms with van der Waals surface area (Å²) in [5.74, 6) is 0.0745. The molecule has 0 fully saturated rings. The van der Waals surface area contributed by atoms with E-state index in [0.717, 1.165) is 11.3 Å². The summed E-state index contributed by atoms with van der Waals surface area (Å²) in [6, 6.07) is 5.22. The van der Waals surface area contributed by atoms with E-state index in [4.69, 9.17) is 9.47 Å². The van der Waals surface area contributed by atoms with Gasteiger partial charge in [0.1, 0.15) is 5.75 Å². The molecule has 2 N–H and O–H groups in total. The Morgan fingerprint density at radius 3 is 2.44 bits per heavy atom. The number of anilines is 1. The first-order chi connectivity index (χ1) is 11.8. The number of Topliss-reactive ketones (excluding diaryl/α,β-unsaturated/α-hetero) is 1. The lowest BCUT2D eigenvalue weighted by Gasteiger charge is -2.17. The standard InChI is InChI=1S/C19H24N2O4/c1-10-7-8-15(24-5)14(9-10)20-13(4)18(22)17-11(2)16(12(3)21-17)19(23)25-6/h7-9,13,20-21H,1-6H3. The number of hydrogen-bond donors (Lipinski definition) is 2. The highest BCUT2D eigenvalue weighted by molar-refractivity contribution is 6.04. The van der Waals surface area contributed by atoms with Crippen molar-refractivity contribution in [2.45, 2.75) is 33.7 Å². The fourth-order valence-electron chi connectivity index (χ4n) is 2.85. The zero-order chi connectivity index (χ0) is 18.7. The highest BCUT2D eigenvalue weighted by Crippen LogP contribution is 2.27.